The van der Waals surface area contributed by atoms with E-state index in [1.807, 2.05) is 37.3 Å². The maximum absolute atomic E-state index is 13.5. The highest BCUT2D eigenvalue weighted by Gasteiger charge is 2.34. The number of rotatable bonds is 3. The summed E-state index contributed by atoms with van der Waals surface area (Å²) in [6, 6.07) is 20.7. The molecule has 0 aliphatic carbocycles. The number of hydrogen-bond acceptors (Lipinski definition) is 4. The molecule has 144 valence electrons. The van der Waals surface area contributed by atoms with Crippen LogP contribution in [0.15, 0.2) is 76.9 Å². The van der Waals surface area contributed by atoms with Crippen LogP contribution in [0, 0.1) is 18.3 Å². The summed E-state index contributed by atoms with van der Waals surface area (Å²) in [5, 5.41) is 10.3. The van der Waals surface area contributed by atoms with Crippen LogP contribution in [0.5, 0.6) is 5.75 Å². The highest BCUT2D eigenvalue weighted by Crippen LogP contribution is 2.40. The third-order valence-electron chi connectivity index (χ3n) is 5.08. The van der Waals surface area contributed by atoms with Gasteiger partial charge in [-0.3, -0.25) is 4.79 Å². The van der Waals surface area contributed by atoms with Crippen LogP contribution >= 0.6 is 11.6 Å². The van der Waals surface area contributed by atoms with Crippen LogP contribution in [0.1, 0.15) is 28.3 Å². The molecule has 2 heterocycles. The van der Waals surface area contributed by atoms with Crippen molar-refractivity contribution in [1.82, 2.24) is 4.57 Å². The van der Waals surface area contributed by atoms with E-state index in [4.69, 9.17) is 22.1 Å². The van der Waals surface area contributed by atoms with E-state index in [-0.39, 0.29) is 17.0 Å². The van der Waals surface area contributed by atoms with Crippen LogP contribution in [0.4, 0.5) is 0 Å². The number of hydrogen-bond donors (Lipinski definition) is 1. The minimum Gasteiger partial charge on any atom is -0.440 e. The summed E-state index contributed by atoms with van der Waals surface area (Å²) in [5.41, 5.74) is 8.95. The van der Waals surface area contributed by atoms with Gasteiger partial charge in [-0.2, -0.15) is 5.26 Å². The molecule has 3 aromatic rings. The maximum atomic E-state index is 13.5. The smallest absolute Gasteiger partial charge is 0.259 e. The van der Waals surface area contributed by atoms with Crippen molar-refractivity contribution in [3.63, 3.8) is 0 Å². The molecule has 6 heteroatoms. The predicted octanol–water partition coefficient (Wildman–Crippen LogP) is 4.08. The van der Waals surface area contributed by atoms with Crippen molar-refractivity contribution in [3.8, 4) is 11.8 Å². The molecule has 5 nitrogen and oxygen atoms in total. The molecular formula is C23H18ClN3O2. The zero-order chi connectivity index (χ0) is 20.5. The molecule has 0 fully saturated rings. The number of pyridine rings is 1. The fourth-order valence-electron chi connectivity index (χ4n) is 3.64. The first-order chi connectivity index (χ1) is 14.0. The van der Waals surface area contributed by atoms with Crippen molar-refractivity contribution in [2.45, 2.75) is 19.4 Å². The Morgan fingerprint density at radius 3 is 2.52 bits per heavy atom. The molecule has 0 unspecified atom stereocenters. The van der Waals surface area contributed by atoms with Gasteiger partial charge < -0.3 is 15.0 Å². The summed E-state index contributed by atoms with van der Waals surface area (Å²) in [4.78, 5) is 13.5. The van der Waals surface area contributed by atoms with Gasteiger partial charge >= 0.3 is 0 Å². The Hall–Kier alpha value is -3.49. The van der Waals surface area contributed by atoms with E-state index >= 15 is 0 Å². The largest absolute Gasteiger partial charge is 0.440 e. The fraction of sp³-hybridized carbons (Fsp3) is 0.130. The highest BCUT2D eigenvalue weighted by atomic mass is 35.5. The molecule has 2 aromatic carbocycles. The average molecular weight is 404 g/mol. The van der Waals surface area contributed by atoms with Crippen LogP contribution in [0.2, 0.25) is 5.02 Å². The van der Waals surface area contributed by atoms with Crippen molar-refractivity contribution < 1.29 is 4.74 Å². The van der Waals surface area contributed by atoms with Crippen LogP contribution in [-0.4, -0.2) is 4.57 Å². The number of aromatic nitrogens is 1. The number of allylic oxidation sites excluding steroid dienone is 1. The maximum Gasteiger partial charge on any atom is 0.259 e. The summed E-state index contributed by atoms with van der Waals surface area (Å²) >= 11 is 6.03. The number of halogens is 1. The predicted molar refractivity (Wildman–Crippen MR) is 112 cm³/mol. The first-order valence-corrected chi connectivity index (χ1v) is 9.48. The number of nitrogens with two attached hydrogens (primary N) is 1. The summed E-state index contributed by atoms with van der Waals surface area (Å²) in [5.74, 6) is -0.219. The number of fused-ring (bicyclic) bond motifs is 1. The van der Waals surface area contributed by atoms with Gasteiger partial charge in [-0.05, 0) is 30.2 Å². The van der Waals surface area contributed by atoms with Crippen molar-refractivity contribution in [2.75, 3.05) is 0 Å². The third kappa shape index (κ3) is 3.39. The Labute approximate surface area is 173 Å². The van der Waals surface area contributed by atoms with Gasteiger partial charge in [0.2, 0.25) is 5.88 Å². The number of benzene rings is 2. The monoisotopic (exact) mass is 403 g/mol. The quantitative estimate of drug-likeness (QED) is 0.714. The van der Waals surface area contributed by atoms with Crippen LogP contribution in [0.25, 0.3) is 0 Å². The molecule has 0 radical (unpaired) electrons. The van der Waals surface area contributed by atoms with E-state index in [0.717, 1.165) is 16.8 Å². The average Bonchev–Trinajstić information content (AvgIpc) is 2.71. The van der Waals surface area contributed by atoms with E-state index in [1.54, 1.807) is 34.9 Å². The first-order valence-electron chi connectivity index (χ1n) is 9.11. The molecule has 1 aliphatic heterocycles. The van der Waals surface area contributed by atoms with Gasteiger partial charge in [0.15, 0.2) is 0 Å². The topological polar surface area (TPSA) is 81.0 Å². The Morgan fingerprint density at radius 2 is 1.86 bits per heavy atom. The Kier molecular flexibility index (Phi) is 4.87. The summed E-state index contributed by atoms with van der Waals surface area (Å²) in [7, 11) is 0. The van der Waals surface area contributed by atoms with E-state index in [0.29, 0.717) is 22.9 Å². The van der Waals surface area contributed by atoms with Crippen molar-refractivity contribution in [1.29, 1.82) is 5.26 Å². The molecule has 4 rings (SSSR count). The second-order valence-corrected chi connectivity index (χ2v) is 7.35. The third-order valence-corrected chi connectivity index (χ3v) is 5.33. The number of aryl methyl sites for hydroxylation is 1. The number of nitrogens with zero attached hydrogens (tertiary/aromatic N) is 2. The SMILES string of the molecule is Cc1cc2c(c(=O)n1Cc1ccccc1)[C@@H](c1ccc(Cl)cc1)C(C#N)=C(N)O2. The van der Waals surface area contributed by atoms with E-state index < -0.39 is 5.92 Å². The molecule has 0 amide bonds. The van der Waals surface area contributed by atoms with E-state index in [9.17, 15) is 10.1 Å². The second-order valence-electron chi connectivity index (χ2n) is 6.92. The molecule has 0 saturated heterocycles. The lowest BCUT2D eigenvalue weighted by Gasteiger charge is -2.27. The highest BCUT2D eigenvalue weighted by molar-refractivity contribution is 6.30. The Morgan fingerprint density at radius 1 is 1.17 bits per heavy atom. The lowest BCUT2D eigenvalue weighted by molar-refractivity contribution is 0.389. The molecule has 29 heavy (non-hydrogen) atoms. The van der Waals surface area contributed by atoms with E-state index in [2.05, 4.69) is 6.07 Å². The minimum absolute atomic E-state index is 0.0135. The lowest BCUT2D eigenvalue weighted by atomic mass is 9.84. The van der Waals surface area contributed by atoms with Crippen molar-refractivity contribution >= 4 is 11.6 Å². The molecule has 1 atom stereocenters. The van der Waals surface area contributed by atoms with Crippen LogP contribution in [-0.2, 0) is 6.54 Å². The van der Waals surface area contributed by atoms with Crippen molar-refractivity contribution in [3.05, 3.63) is 110 Å². The van der Waals surface area contributed by atoms with Crippen LogP contribution < -0.4 is 16.0 Å². The zero-order valence-electron chi connectivity index (χ0n) is 15.7. The summed E-state index contributed by atoms with van der Waals surface area (Å²) < 4.78 is 7.36. The second kappa shape index (κ2) is 7.50. The fourth-order valence-corrected chi connectivity index (χ4v) is 3.76. The molecule has 2 N–H and O–H groups in total. The molecule has 1 aliphatic rings. The molecular weight excluding hydrogens is 386 g/mol. The van der Waals surface area contributed by atoms with Gasteiger partial charge in [0.1, 0.15) is 17.4 Å². The summed E-state index contributed by atoms with van der Waals surface area (Å²) in [6.07, 6.45) is 0. The Balaban J connectivity index is 1.92. The summed E-state index contributed by atoms with van der Waals surface area (Å²) in [6.45, 7) is 2.28. The first kappa shape index (κ1) is 18.9. The molecule has 0 bridgehead atoms. The van der Waals surface area contributed by atoms with Gasteiger partial charge in [-0.15, -0.1) is 0 Å². The van der Waals surface area contributed by atoms with E-state index in [1.165, 1.54) is 0 Å². The van der Waals surface area contributed by atoms with Gasteiger partial charge in [0.25, 0.3) is 5.56 Å². The number of ether oxygens (including phenoxy) is 1. The van der Waals surface area contributed by atoms with Crippen LogP contribution in [0.3, 0.4) is 0 Å². The normalized spacial score (nSPS) is 15.4. The molecule has 0 saturated carbocycles. The van der Waals surface area contributed by atoms with Gasteiger partial charge in [0, 0.05) is 16.8 Å². The number of nitriles is 1. The zero-order valence-corrected chi connectivity index (χ0v) is 16.5. The van der Waals surface area contributed by atoms with Crippen molar-refractivity contribution in [2.24, 2.45) is 5.73 Å². The lowest BCUT2D eigenvalue weighted by Crippen LogP contribution is -2.33. The minimum atomic E-state index is -0.615. The molecule has 1 aromatic heterocycles. The Bertz CT molecular complexity index is 1210. The van der Waals surface area contributed by atoms with Gasteiger partial charge in [-0.25, -0.2) is 0 Å². The van der Waals surface area contributed by atoms with Gasteiger partial charge in [-0.1, -0.05) is 54.1 Å². The molecule has 0 spiro atoms. The van der Waals surface area contributed by atoms with Gasteiger partial charge in [0.05, 0.1) is 18.0 Å². The standard InChI is InChI=1S/C23H18ClN3O2/c1-14-11-19-21(23(28)27(14)13-15-5-3-2-4-6-15)20(18(12-25)22(26)29-19)16-7-9-17(24)10-8-16/h2-11,20H,13,26H2,1H3/t20-/m0/s1.